The molecule has 0 aliphatic carbocycles. The molecule has 70 valence electrons. The van der Waals surface area contributed by atoms with E-state index in [0.29, 0.717) is 9.50 Å². The molecule has 3 nitrogen and oxygen atoms in total. The summed E-state index contributed by atoms with van der Waals surface area (Å²) in [6.45, 7) is 0. The summed E-state index contributed by atoms with van der Waals surface area (Å²) in [5.74, 6) is 0. The van der Waals surface area contributed by atoms with Crippen LogP contribution < -0.4 is 4.72 Å². The zero-order chi connectivity index (χ0) is 9.42. The minimum Gasteiger partial charge on any atom is -0.303 e. The van der Waals surface area contributed by atoms with Crippen molar-refractivity contribution in [2.45, 2.75) is 4.90 Å². The first kappa shape index (κ1) is 9.51. The van der Waals surface area contributed by atoms with Crippen LogP contribution in [0.4, 0.5) is 5.00 Å². The minimum atomic E-state index is -1.07. The van der Waals surface area contributed by atoms with E-state index in [9.17, 15) is 4.21 Å². The highest BCUT2D eigenvalue weighted by atomic mass is 35.5. The Labute approximate surface area is 91.2 Å². The summed E-state index contributed by atoms with van der Waals surface area (Å²) in [4.78, 5) is 5.17. The summed E-state index contributed by atoms with van der Waals surface area (Å²) < 4.78 is 14.7. The molecule has 1 atom stereocenters. The van der Waals surface area contributed by atoms with Crippen LogP contribution in [0.1, 0.15) is 0 Å². The summed E-state index contributed by atoms with van der Waals surface area (Å²) in [5, 5.41) is 1.33. The number of hydrogen-bond donors (Lipinski definition) is 1. The number of halogens is 1. The maximum absolute atomic E-state index is 11.1. The molecule has 1 N–H and O–H groups in total. The average Bonchev–Trinajstić information content (AvgIpc) is 2.42. The lowest BCUT2D eigenvalue weighted by Gasteiger charge is -2.10. The molecule has 13 heavy (non-hydrogen) atoms. The van der Waals surface area contributed by atoms with Crippen molar-refractivity contribution >= 4 is 55.9 Å². The minimum absolute atomic E-state index is 0.496. The summed E-state index contributed by atoms with van der Waals surface area (Å²) in [5.41, 5.74) is 0. The Morgan fingerprint density at radius 3 is 3.15 bits per heavy atom. The second kappa shape index (κ2) is 3.61. The van der Waals surface area contributed by atoms with Crippen molar-refractivity contribution in [3.8, 4) is 0 Å². The quantitative estimate of drug-likeness (QED) is 0.721. The molecule has 1 aromatic rings. The zero-order valence-electron chi connectivity index (χ0n) is 6.54. The van der Waals surface area contributed by atoms with E-state index in [-0.39, 0.29) is 0 Å². The monoisotopic (exact) mass is 252 g/mol. The summed E-state index contributed by atoms with van der Waals surface area (Å²) >= 11 is 8.60. The molecule has 0 fully saturated rings. The fourth-order valence-electron chi connectivity index (χ4n) is 0.825. The topological polar surface area (TPSA) is 41.5 Å². The van der Waals surface area contributed by atoms with Crippen LogP contribution in [0.2, 0.25) is 4.34 Å². The summed E-state index contributed by atoms with van der Waals surface area (Å²) in [6.07, 6.45) is 1.59. The van der Waals surface area contributed by atoms with Gasteiger partial charge in [-0.3, -0.25) is 4.21 Å². The van der Waals surface area contributed by atoms with E-state index < -0.39 is 10.8 Å². The van der Waals surface area contributed by atoms with E-state index >= 15 is 0 Å². The molecule has 2 rings (SSSR count). The van der Waals surface area contributed by atoms with Crippen LogP contribution in [-0.4, -0.2) is 15.6 Å². The highest BCUT2D eigenvalue weighted by Gasteiger charge is 2.17. The van der Waals surface area contributed by atoms with Crippen LogP contribution in [0, 0.1) is 0 Å². The third kappa shape index (κ3) is 1.90. The zero-order valence-corrected chi connectivity index (χ0v) is 9.74. The number of nitrogens with zero attached hydrogens (tertiary/aromatic N) is 1. The van der Waals surface area contributed by atoms with Crippen LogP contribution in [0.3, 0.4) is 0 Å². The number of aliphatic imine (C=N–C) groups is 1. The highest BCUT2D eigenvalue weighted by Crippen LogP contribution is 2.41. The summed E-state index contributed by atoms with van der Waals surface area (Å²) in [7, 11) is -1.07. The van der Waals surface area contributed by atoms with Crippen molar-refractivity contribution in [3.05, 3.63) is 10.4 Å². The first-order valence-electron chi connectivity index (χ1n) is 3.31. The van der Waals surface area contributed by atoms with Crippen molar-refractivity contribution in [2.75, 3.05) is 6.26 Å². The lowest BCUT2D eigenvalue weighted by molar-refractivity contribution is 0.692. The molecule has 0 spiro atoms. The molecule has 0 bridgehead atoms. The van der Waals surface area contributed by atoms with Crippen molar-refractivity contribution in [3.63, 3.8) is 0 Å². The lowest BCUT2D eigenvalue weighted by atomic mass is 10.6. The van der Waals surface area contributed by atoms with E-state index in [1.165, 1.54) is 23.3 Å². The molecule has 0 aromatic carbocycles. The van der Waals surface area contributed by atoms with Gasteiger partial charge in [0.2, 0.25) is 5.17 Å². The number of amidine groups is 1. The fourth-order valence-corrected chi connectivity index (χ4v) is 3.62. The molecule has 0 saturated carbocycles. The van der Waals surface area contributed by atoms with Gasteiger partial charge in [-0.05, 0) is 18.0 Å². The third-order valence-corrected chi connectivity index (χ3v) is 4.35. The number of hydrogen-bond acceptors (Lipinski definition) is 5. The third-order valence-electron chi connectivity index (χ3n) is 1.37. The van der Waals surface area contributed by atoms with Gasteiger partial charge in [-0.25, -0.2) is 4.99 Å². The first-order valence-corrected chi connectivity index (χ1v) is 6.88. The molecule has 2 heterocycles. The van der Waals surface area contributed by atoms with Gasteiger partial charge in [0, 0.05) is 6.26 Å². The Bertz CT molecular complexity index is 401. The molecule has 1 aliphatic rings. The van der Waals surface area contributed by atoms with Gasteiger partial charge in [0.25, 0.3) is 0 Å². The average molecular weight is 253 g/mol. The molecule has 1 aromatic heterocycles. The van der Waals surface area contributed by atoms with Gasteiger partial charge in [0.15, 0.2) is 0 Å². The number of thiophene rings is 1. The Balaban J connectivity index is 2.43. The molecule has 1 aliphatic heterocycles. The Kier molecular flexibility index (Phi) is 2.64. The Morgan fingerprint density at radius 2 is 2.46 bits per heavy atom. The molecular formula is C6H5ClN2OS3. The van der Waals surface area contributed by atoms with Gasteiger partial charge in [-0.1, -0.05) is 11.6 Å². The van der Waals surface area contributed by atoms with Crippen molar-refractivity contribution in [1.82, 2.24) is 4.72 Å². The SMILES string of the molecule is CS(=O)C1=Nc2sc(Cl)cc2SN1. The highest BCUT2D eigenvalue weighted by molar-refractivity contribution is 8.05. The largest absolute Gasteiger partial charge is 0.303 e. The van der Waals surface area contributed by atoms with Crippen LogP contribution >= 0.6 is 34.9 Å². The second-order valence-electron chi connectivity index (χ2n) is 2.30. The van der Waals surface area contributed by atoms with Crippen LogP contribution in [0.25, 0.3) is 0 Å². The van der Waals surface area contributed by atoms with Crippen molar-refractivity contribution in [1.29, 1.82) is 0 Å². The van der Waals surface area contributed by atoms with Crippen LogP contribution in [0.5, 0.6) is 0 Å². The number of nitrogens with one attached hydrogen (secondary N) is 1. The molecule has 1 unspecified atom stereocenters. The van der Waals surface area contributed by atoms with Gasteiger partial charge in [-0.2, -0.15) is 0 Å². The van der Waals surface area contributed by atoms with Crippen molar-refractivity contribution in [2.24, 2.45) is 4.99 Å². The van der Waals surface area contributed by atoms with Gasteiger partial charge < -0.3 is 4.72 Å². The van der Waals surface area contributed by atoms with E-state index in [0.717, 1.165) is 9.90 Å². The van der Waals surface area contributed by atoms with Crippen LogP contribution in [0.15, 0.2) is 16.0 Å². The van der Waals surface area contributed by atoms with E-state index in [1.807, 2.05) is 6.07 Å². The predicted octanol–water partition coefficient (Wildman–Crippen LogP) is 2.38. The Hall–Kier alpha value is -0.0400. The van der Waals surface area contributed by atoms with Crippen molar-refractivity contribution < 1.29 is 4.21 Å². The number of rotatable bonds is 0. The standard InChI is InChI=1S/C6H5ClN2OS3/c1-13(10)6-8-5-3(12-9-6)2-4(7)11-5/h2H,1H3,(H,8,9). The second-order valence-corrected chi connectivity index (χ2v) is 6.10. The van der Waals surface area contributed by atoms with Crippen LogP contribution in [-0.2, 0) is 10.8 Å². The normalized spacial score (nSPS) is 17.2. The van der Waals surface area contributed by atoms with Gasteiger partial charge in [0.1, 0.15) is 5.00 Å². The van der Waals surface area contributed by atoms with E-state index in [1.54, 1.807) is 6.26 Å². The fraction of sp³-hybridized carbons (Fsp3) is 0.167. The predicted molar refractivity (Wildman–Crippen MR) is 59.5 cm³/mol. The maximum Gasteiger partial charge on any atom is 0.203 e. The van der Waals surface area contributed by atoms with Gasteiger partial charge in [0.05, 0.1) is 20.0 Å². The van der Waals surface area contributed by atoms with E-state index in [4.69, 9.17) is 11.6 Å². The smallest absolute Gasteiger partial charge is 0.203 e. The molecule has 7 heteroatoms. The Morgan fingerprint density at radius 1 is 1.69 bits per heavy atom. The maximum atomic E-state index is 11.1. The molecule has 0 saturated heterocycles. The molecule has 0 amide bonds. The van der Waals surface area contributed by atoms with Gasteiger partial charge >= 0.3 is 0 Å². The molecular weight excluding hydrogens is 248 g/mol. The summed E-state index contributed by atoms with van der Waals surface area (Å²) in [6, 6.07) is 1.85. The first-order chi connectivity index (χ1) is 6.16. The molecule has 0 radical (unpaired) electrons. The van der Waals surface area contributed by atoms with E-state index in [2.05, 4.69) is 9.71 Å². The number of fused-ring (bicyclic) bond motifs is 1. The lowest BCUT2D eigenvalue weighted by Crippen LogP contribution is -2.21. The van der Waals surface area contributed by atoms with Gasteiger partial charge in [-0.15, -0.1) is 11.3 Å².